The summed E-state index contributed by atoms with van der Waals surface area (Å²) in [4.78, 5) is 0. The fourth-order valence-corrected chi connectivity index (χ4v) is 0.970. The van der Waals surface area contributed by atoms with Gasteiger partial charge in [0, 0.05) is 7.11 Å². The molecule has 1 rings (SSSR count). The highest BCUT2D eigenvalue weighted by Crippen LogP contribution is 2.16. The van der Waals surface area contributed by atoms with Crippen molar-refractivity contribution in [2.24, 2.45) is 0 Å². The lowest BCUT2D eigenvalue weighted by molar-refractivity contribution is 0.0511. The topological polar surface area (TPSA) is 38.7 Å². The van der Waals surface area contributed by atoms with E-state index >= 15 is 0 Å². The van der Waals surface area contributed by atoms with E-state index in [2.05, 4.69) is 0 Å². The third kappa shape index (κ3) is 3.05. The Bertz CT molecular complexity index is 241. The fourth-order valence-electron chi connectivity index (χ4n) is 0.970. The monoisotopic (exact) mass is 182 g/mol. The molecule has 0 radical (unpaired) electrons. The summed E-state index contributed by atoms with van der Waals surface area (Å²) in [5, 5.41) is 9.23. The van der Waals surface area contributed by atoms with Crippen molar-refractivity contribution in [2.45, 2.75) is 13.0 Å². The van der Waals surface area contributed by atoms with Crippen molar-refractivity contribution >= 4 is 0 Å². The van der Waals surface area contributed by atoms with Crippen molar-refractivity contribution in [2.75, 3.05) is 13.9 Å². The quantitative estimate of drug-likeness (QED) is 0.720. The van der Waals surface area contributed by atoms with Gasteiger partial charge in [0.15, 0.2) is 6.79 Å². The molecule has 0 saturated carbocycles. The van der Waals surface area contributed by atoms with E-state index < -0.39 is 6.10 Å². The predicted molar refractivity (Wildman–Crippen MR) is 49.6 cm³/mol. The number of aliphatic hydroxyl groups excluding tert-OH is 1. The SMILES string of the molecule is COCOc1ccc([C@@H](C)O)cc1. The van der Waals surface area contributed by atoms with Crippen LogP contribution in [0.25, 0.3) is 0 Å². The first-order chi connectivity index (χ1) is 6.24. The minimum atomic E-state index is -0.434. The molecule has 1 N–H and O–H groups in total. The van der Waals surface area contributed by atoms with Gasteiger partial charge in [-0.05, 0) is 24.6 Å². The molecule has 1 aromatic carbocycles. The standard InChI is InChI=1S/C10H14O3/c1-8(11)9-3-5-10(6-4-9)13-7-12-2/h3-6,8,11H,7H2,1-2H3/t8-/m1/s1. The number of ether oxygens (including phenoxy) is 2. The molecule has 0 bridgehead atoms. The van der Waals surface area contributed by atoms with Crippen molar-refractivity contribution < 1.29 is 14.6 Å². The fraction of sp³-hybridized carbons (Fsp3) is 0.400. The molecule has 3 heteroatoms. The summed E-state index contributed by atoms with van der Waals surface area (Å²) in [6, 6.07) is 7.27. The van der Waals surface area contributed by atoms with E-state index in [1.807, 2.05) is 12.1 Å². The molecule has 0 amide bonds. The molecule has 3 nitrogen and oxygen atoms in total. The average Bonchev–Trinajstić information content (AvgIpc) is 2.15. The van der Waals surface area contributed by atoms with Crippen molar-refractivity contribution in [1.82, 2.24) is 0 Å². The lowest BCUT2D eigenvalue weighted by atomic mass is 10.1. The summed E-state index contributed by atoms with van der Waals surface area (Å²) < 4.78 is 9.94. The van der Waals surface area contributed by atoms with Crippen LogP contribution >= 0.6 is 0 Å². The molecule has 0 unspecified atom stereocenters. The van der Waals surface area contributed by atoms with E-state index in [-0.39, 0.29) is 6.79 Å². The van der Waals surface area contributed by atoms with E-state index in [0.29, 0.717) is 0 Å². The summed E-state index contributed by atoms with van der Waals surface area (Å²) in [6.45, 7) is 1.97. The maximum absolute atomic E-state index is 9.23. The molecule has 0 heterocycles. The van der Waals surface area contributed by atoms with Crippen LogP contribution in [0.15, 0.2) is 24.3 Å². The van der Waals surface area contributed by atoms with Crippen molar-refractivity contribution in [3.63, 3.8) is 0 Å². The highest BCUT2D eigenvalue weighted by atomic mass is 16.7. The van der Waals surface area contributed by atoms with Gasteiger partial charge >= 0.3 is 0 Å². The van der Waals surface area contributed by atoms with E-state index in [9.17, 15) is 5.11 Å². The molecule has 13 heavy (non-hydrogen) atoms. The van der Waals surface area contributed by atoms with Gasteiger partial charge in [-0.1, -0.05) is 12.1 Å². The lowest BCUT2D eigenvalue weighted by Crippen LogP contribution is -1.99. The summed E-state index contributed by atoms with van der Waals surface area (Å²) in [5.41, 5.74) is 0.879. The summed E-state index contributed by atoms with van der Waals surface area (Å²) >= 11 is 0. The van der Waals surface area contributed by atoms with Gasteiger partial charge in [-0.3, -0.25) is 0 Å². The van der Waals surface area contributed by atoms with Crippen LogP contribution in [-0.2, 0) is 4.74 Å². The number of rotatable bonds is 4. The zero-order valence-corrected chi connectivity index (χ0v) is 7.86. The second kappa shape index (κ2) is 4.84. The Morgan fingerprint density at radius 1 is 1.31 bits per heavy atom. The van der Waals surface area contributed by atoms with Gasteiger partial charge < -0.3 is 14.6 Å². The first-order valence-electron chi connectivity index (χ1n) is 4.14. The normalized spacial score (nSPS) is 12.5. The van der Waals surface area contributed by atoms with Crippen molar-refractivity contribution in [3.05, 3.63) is 29.8 Å². The molecule has 1 aromatic rings. The first-order valence-corrected chi connectivity index (χ1v) is 4.14. The van der Waals surface area contributed by atoms with Crippen LogP contribution in [0.3, 0.4) is 0 Å². The maximum atomic E-state index is 9.23. The molecule has 0 aliphatic rings. The molecular weight excluding hydrogens is 168 g/mol. The van der Waals surface area contributed by atoms with Crippen LogP contribution in [-0.4, -0.2) is 19.0 Å². The number of aliphatic hydroxyl groups is 1. The number of methoxy groups -OCH3 is 1. The molecule has 1 atom stereocenters. The van der Waals surface area contributed by atoms with E-state index in [0.717, 1.165) is 11.3 Å². The Kier molecular flexibility index (Phi) is 3.73. The Morgan fingerprint density at radius 2 is 1.92 bits per heavy atom. The molecule has 0 aliphatic carbocycles. The number of hydrogen-bond donors (Lipinski definition) is 1. The first kappa shape index (κ1) is 10.0. The van der Waals surface area contributed by atoms with Gasteiger partial charge in [0.25, 0.3) is 0 Å². The minimum absolute atomic E-state index is 0.244. The van der Waals surface area contributed by atoms with Crippen LogP contribution in [0.2, 0.25) is 0 Å². The van der Waals surface area contributed by atoms with Gasteiger partial charge in [0.2, 0.25) is 0 Å². The zero-order valence-electron chi connectivity index (χ0n) is 7.86. The van der Waals surface area contributed by atoms with Crippen LogP contribution in [0.1, 0.15) is 18.6 Å². The Labute approximate surface area is 77.9 Å². The Balaban J connectivity index is 2.59. The van der Waals surface area contributed by atoms with Crippen molar-refractivity contribution in [1.29, 1.82) is 0 Å². The van der Waals surface area contributed by atoms with Crippen molar-refractivity contribution in [3.8, 4) is 5.75 Å². The average molecular weight is 182 g/mol. The highest BCUT2D eigenvalue weighted by Gasteiger charge is 1.99. The smallest absolute Gasteiger partial charge is 0.188 e. The predicted octanol–water partition coefficient (Wildman–Crippen LogP) is 1.72. The number of benzene rings is 1. The second-order valence-electron chi connectivity index (χ2n) is 2.80. The minimum Gasteiger partial charge on any atom is -0.468 e. The molecule has 0 fully saturated rings. The third-order valence-corrected chi connectivity index (χ3v) is 1.71. The third-order valence-electron chi connectivity index (χ3n) is 1.71. The second-order valence-corrected chi connectivity index (χ2v) is 2.80. The van der Waals surface area contributed by atoms with Crippen LogP contribution in [0.4, 0.5) is 0 Å². The van der Waals surface area contributed by atoms with Gasteiger partial charge in [0.05, 0.1) is 6.10 Å². The summed E-state index contributed by atoms with van der Waals surface area (Å²) in [5.74, 6) is 0.742. The molecule has 0 aromatic heterocycles. The largest absolute Gasteiger partial charge is 0.468 e. The highest BCUT2D eigenvalue weighted by molar-refractivity contribution is 5.28. The zero-order chi connectivity index (χ0) is 9.68. The number of hydrogen-bond acceptors (Lipinski definition) is 3. The van der Waals surface area contributed by atoms with Gasteiger partial charge in [-0.15, -0.1) is 0 Å². The van der Waals surface area contributed by atoms with Gasteiger partial charge in [-0.2, -0.15) is 0 Å². The Hall–Kier alpha value is -1.06. The molecule has 0 aliphatic heterocycles. The molecule has 0 saturated heterocycles. The van der Waals surface area contributed by atoms with Crippen LogP contribution < -0.4 is 4.74 Å². The van der Waals surface area contributed by atoms with Crippen LogP contribution in [0, 0.1) is 0 Å². The summed E-state index contributed by atoms with van der Waals surface area (Å²) in [6.07, 6.45) is -0.434. The maximum Gasteiger partial charge on any atom is 0.188 e. The van der Waals surface area contributed by atoms with Gasteiger partial charge in [0.1, 0.15) is 5.75 Å². The van der Waals surface area contributed by atoms with E-state index in [1.165, 1.54) is 0 Å². The molecule has 72 valence electrons. The molecule has 0 spiro atoms. The molecular formula is C10H14O3. The van der Waals surface area contributed by atoms with E-state index in [4.69, 9.17) is 9.47 Å². The summed E-state index contributed by atoms with van der Waals surface area (Å²) in [7, 11) is 1.57. The van der Waals surface area contributed by atoms with E-state index in [1.54, 1.807) is 26.2 Å². The van der Waals surface area contributed by atoms with Gasteiger partial charge in [-0.25, -0.2) is 0 Å². The lowest BCUT2D eigenvalue weighted by Gasteiger charge is -2.07. The van der Waals surface area contributed by atoms with Crippen LogP contribution in [0.5, 0.6) is 5.75 Å². The Morgan fingerprint density at radius 3 is 2.38 bits per heavy atom.